The van der Waals surface area contributed by atoms with Crippen LogP contribution in [0.15, 0.2) is 109 Å². The molecule has 1 N–H and O–H groups in total. The molecule has 5 rings (SSSR count). The van der Waals surface area contributed by atoms with Gasteiger partial charge in [0, 0.05) is 24.6 Å². The first kappa shape index (κ1) is 28.4. The van der Waals surface area contributed by atoms with E-state index in [1.807, 2.05) is 80.6 Å². The van der Waals surface area contributed by atoms with Crippen molar-refractivity contribution in [2.45, 2.75) is 45.1 Å². The Labute approximate surface area is 244 Å². The van der Waals surface area contributed by atoms with Gasteiger partial charge in [0.05, 0.1) is 0 Å². The molecule has 1 atom stereocenters. The molecular formula is C36H40N2O3. The average molecular weight is 549 g/mol. The number of carbonyl (C=O) groups excluding carboxylic acids is 1. The Hall–Kier alpha value is -4.09. The highest BCUT2D eigenvalue weighted by Crippen LogP contribution is 2.32. The molecule has 0 spiro atoms. The summed E-state index contributed by atoms with van der Waals surface area (Å²) in [5.41, 5.74) is 3.40. The fourth-order valence-electron chi connectivity index (χ4n) is 5.28. The number of amides is 1. The van der Waals surface area contributed by atoms with Gasteiger partial charge in [-0.15, -0.1) is 0 Å². The molecule has 1 aliphatic rings. The van der Waals surface area contributed by atoms with Crippen LogP contribution in [0.3, 0.4) is 0 Å². The van der Waals surface area contributed by atoms with E-state index in [-0.39, 0.29) is 17.9 Å². The first-order valence-corrected chi connectivity index (χ1v) is 14.7. The molecule has 1 saturated heterocycles. The fourth-order valence-corrected chi connectivity index (χ4v) is 5.28. The summed E-state index contributed by atoms with van der Waals surface area (Å²) in [5.74, 6) is 2.98. The number of piperidine rings is 1. The average Bonchev–Trinajstić information content (AvgIpc) is 3.01. The van der Waals surface area contributed by atoms with Crippen LogP contribution in [0.25, 0.3) is 0 Å². The van der Waals surface area contributed by atoms with Crippen LogP contribution >= 0.6 is 0 Å². The van der Waals surface area contributed by atoms with E-state index >= 15 is 0 Å². The Bertz CT molecular complexity index is 1370. The Morgan fingerprint density at radius 2 is 1.44 bits per heavy atom. The van der Waals surface area contributed by atoms with Crippen molar-refractivity contribution >= 4 is 11.6 Å². The van der Waals surface area contributed by atoms with Gasteiger partial charge >= 0.3 is 0 Å². The number of anilines is 1. The molecule has 0 bridgehead atoms. The third kappa shape index (κ3) is 8.21. The van der Waals surface area contributed by atoms with Crippen LogP contribution in [0.2, 0.25) is 0 Å². The van der Waals surface area contributed by atoms with Crippen molar-refractivity contribution in [3.8, 4) is 17.2 Å². The van der Waals surface area contributed by atoms with Crippen molar-refractivity contribution in [3.63, 3.8) is 0 Å². The Balaban J connectivity index is 1.16. The third-order valence-corrected chi connectivity index (χ3v) is 7.70. The van der Waals surface area contributed by atoms with Crippen LogP contribution < -0.4 is 14.8 Å². The molecule has 0 aliphatic carbocycles. The molecule has 0 aromatic heterocycles. The number of ether oxygens (including phenoxy) is 2. The van der Waals surface area contributed by atoms with Crippen LogP contribution in [-0.2, 0) is 4.79 Å². The van der Waals surface area contributed by atoms with E-state index in [2.05, 4.69) is 52.7 Å². The van der Waals surface area contributed by atoms with Crippen molar-refractivity contribution in [1.82, 2.24) is 4.90 Å². The second kappa shape index (κ2) is 14.0. The van der Waals surface area contributed by atoms with Gasteiger partial charge in [-0.1, -0.05) is 74.5 Å². The van der Waals surface area contributed by atoms with Gasteiger partial charge < -0.3 is 19.7 Å². The van der Waals surface area contributed by atoms with E-state index < -0.39 is 0 Å². The summed E-state index contributed by atoms with van der Waals surface area (Å²) in [6.45, 7) is 6.92. The van der Waals surface area contributed by atoms with E-state index in [1.54, 1.807) is 0 Å². The molecule has 41 heavy (non-hydrogen) atoms. The molecule has 0 unspecified atom stereocenters. The fraction of sp³-hybridized carbons (Fsp3) is 0.306. The number of nitrogens with one attached hydrogen (secondary N) is 1. The SMILES string of the molecule is CC(C)C(=O)Nc1cccc(C2CCN(CC[C@H](Oc3ccc(Oc4ccccc4)cc3)c3ccccc3)CC2)c1. The zero-order valence-corrected chi connectivity index (χ0v) is 24.0. The number of nitrogens with zero attached hydrogens (tertiary/aromatic N) is 1. The van der Waals surface area contributed by atoms with Crippen LogP contribution in [0.5, 0.6) is 17.2 Å². The molecule has 4 aromatic carbocycles. The van der Waals surface area contributed by atoms with Gasteiger partial charge in [-0.05, 0) is 91.5 Å². The summed E-state index contributed by atoms with van der Waals surface area (Å²) in [4.78, 5) is 14.7. The van der Waals surface area contributed by atoms with Gasteiger partial charge in [0.25, 0.3) is 0 Å². The van der Waals surface area contributed by atoms with Crippen molar-refractivity contribution < 1.29 is 14.3 Å². The van der Waals surface area contributed by atoms with Crippen molar-refractivity contribution in [3.05, 3.63) is 120 Å². The molecular weight excluding hydrogens is 508 g/mol. The molecule has 0 radical (unpaired) electrons. The molecule has 1 amide bonds. The number of carbonyl (C=O) groups is 1. The van der Waals surface area contributed by atoms with Crippen molar-refractivity contribution in [1.29, 1.82) is 0 Å². The standard InChI is InChI=1S/C36H40N2O3/c1-27(2)36(39)37-31-13-9-12-30(26-31)28-20-23-38(24-21-28)25-22-35(29-10-5-3-6-11-29)41-34-18-16-33(17-19-34)40-32-14-7-4-8-15-32/h3-19,26-28,35H,20-25H2,1-2H3,(H,37,39)/t35-/m0/s1. The number of rotatable bonds is 11. The van der Waals surface area contributed by atoms with Gasteiger partial charge in [0.15, 0.2) is 0 Å². The number of para-hydroxylation sites is 1. The lowest BCUT2D eigenvalue weighted by Crippen LogP contribution is -2.34. The lowest BCUT2D eigenvalue weighted by molar-refractivity contribution is -0.118. The van der Waals surface area contributed by atoms with Gasteiger partial charge in [-0.3, -0.25) is 4.79 Å². The van der Waals surface area contributed by atoms with Crippen molar-refractivity contribution in [2.24, 2.45) is 5.92 Å². The number of hydrogen-bond acceptors (Lipinski definition) is 4. The Kier molecular flexibility index (Phi) is 9.71. The van der Waals surface area contributed by atoms with E-state index in [1.165, 1.54) is 11.1 Å². The van der Waals surface area contributed by atoms with Crippen molar-refractivity contribution in [2.75, 3.05) is 25.0 Å². The molecule has 4 aromatic rings. The summed E-state index contributed by atoms with van der Waals surface area (Å²) < 4.78 is 12.5. The molecule has 1 aliphatic heterocycles. The quantitative estimate of drug-likeness (QED) is 0.204. The van der Waals surface area contributed by atoms with Crippen LogP contribution in [-0.4, -0.2) is 30.4 Å². The second-order valence-electron chi connectivity index (χ2n) is 11.1. The van der Waals surface area contributed by atoms with Gasteiger partial charge in [0.1, 0.15) is 23.4 Å². The third-order valence-electron chi connectivity index (χ3n) is 7.70. The molecule has 5 nitrogen and oxygen atoms in total. The second-order valence-corrected chi connectivity index (χ2v) is 11.1. The maximum atomic E-state index is 12.1. The highest BCUT2D eigenvalue weighted by Gasteiger charge is 2.23. The van der Waals surface area contributed by atoms with E-state index in [4.69, 9.17) is 9.47 Å². The molecule has 212 valence electrons. The zero-order chi connectivity index (χ0) is 28.4. The Morgan fingerprint density at radius 3 is 2.12 bits per heavy atom. The topological polar surface area (TPSA) is 50.8 Å². The van der Waals surface area contributed by atoms with E-state index in [0.717, 1.165) is 61.8 Å². The number of likely N-dealkylation sites (tertiary alicyclic amines) is 1. The van der Waals surface area contributed by atoms with Crippen LogP contribution in [0.1, 0.15) is 56.3 Å². The predicted octanol–water partition coefficient (Wildman–Crippen LogP) is 8.46. The Morgan fingerprint density at radius 1 is 0.805 bits per heavy atom. The maximum Gasteiger partial charge on any atom is 0.226 e. The van der Waals surface area contributed by atoms with Gasteiger partial charge in [0.2, 0.25) is 5.91 Å². The predicted molar refractivity (Wildman–Crippen MR) is 166 cm³/mol. The number of benzene rings is 4. The van der Waals surface area contributed by atoms with Crippen LogP contribution in [0, 0.1) is 5.92 Å². The summed E-state index contributed by atoms with van der Waals surface area (Å²) in [6.07, 6.45) is 3.10. The minimum atomic E-state index is -0.0314. The summed E-state index contributed by atoms with van der Waals surface area (Å²) in [5, 5.41) is 3.04. The largest absolute Gasteiger partial charge is 0.486 e. The van der Waals surface area contributed by atoms with E-state index in [0.29, 0.717) is 5.92 Å². The smallest absolute Gasteiger partial charge is 0.226 e. The molecule has 0 saturated carbocycles. The zero-order valence-electron chi connectivity index (χ0n) is 24.0. The molecule has 1 heterocycles. The maximum absolute atomic E-state index is 12.1. The van der Waals surface area contributed by atoms with Crippen LogP contribution in [0.4, 0.5) is 5.69 Å². The highest BCUT2D eigenvalue weighted by atomic mass is 16.5. The van der Waals surface area contributed by atoms with Gasteiger partial charge in [-0.25, -0.2) is 0 Å². The normalized spacial score (nSPS) is 14.9. The summed E-state index contributed by atoms with van der Waals surface area (Å²) in [7, 11) is 0. The number of hydrogen-bond donors (Lipinski definition) is 1. The highest BCUT2D eigenvalue weighted by molar-refractivity contribution is 5.92. The lowest BCUT2D eigenvalue weighted by atomic mass is 9.89. The molecule has 1 fully saturated rings. The summed E-state index contributed by atoms with van der Waals surface area (Å²) in [6, 6.07) is 36.6. The van der Waals surface area contributed by atoms with E-state index in [9.17, 15) is 4.79 Å². The summed E-state index contributed by atoms with van der Waals surface area (Å²) >= 11 is 0. The first-order chi connectivity index (χ1) is 20.0. The lowest BCUT2D eigenvalue weighted by Gasteiger charge is -2.33. The van der Waals surface area contributed by atoms with Gasteiger partial charge in [-0.2, -0.15) is 0 Å². The minimum Gasteiger partial charge on any atom is -0.486 e. The minimum absolute atomic E-state index is 0.0291. The molecule has 5 heteroatoms. The first-order valence-electron chi connectivity index (χ1n) is 14.7. The monoisotopic (exact) mass is 548 g/mol.